The third kappa shape index (κ3) is 3.24. The number of hydrogen-bond donors (Lipinski definition) is 3. The molecule has 0 spiro atoms. The predicted octanol–water partition coefficient (Wildman–Crippen LogP) is 1.28. The number of rotatable bonds is 4. The van der Waals surface area contributed by atoms with Crippen molar-refractivity contribution in [2.24, 2.45) is 0 Å². The van der Waals surface area contributed by atoms with Gasteiger partial charge in [0.15, 0.2) is 0 Å². The Morgan fingerprint density at radius 1 is 1.47 bits per heavy atom. The van der Waals surface area contributed by atoms with E-state index < -0.39 is 6.09 Å². The van der Waals surface area contributed by atoms with Gasteiger partial charge in [0, 0.05) is 24.7 Å². The molecule has 2 atom stereocenters. The lowest BCUT2D eigenvalue weighted by Gasteiger charge is -2.33. The highest BCUT2D eigenvalue weighted by atomic mass is 16.4. The van der Waals surface area contributed by atoms with Crippen molar-refractivity contribution in [3.8, 4) is 0 Å². The van der Waals surface area contributed by atoms with Crippen LogP contribution in [-0.2, 0) is 6.54 Å². The first-order valence-corrected chi connectivity index (χ1v) is 6.43. The van der Waals surface area contributed by atoms with Gasteiger partial charge < -0.3 is 15.5 Å². The molecule has 104 valence electrons. The van der Waals surface area contributed by atoms with Gasteiger partial charge in [-0.3, -0.25) is 4.90 Å². The molecule has 0 saturated carbocycles. The summed E-state index contributed by atoms with van der Waals surface area (Å²) in [5, 5.41) is 20.9. The highest BCUT2D eigenvalue weighted by molar-refractivity contribution is 5.65. The molecule has 0 radical (unpaired) electrons. The van der Waals surface area contributed by atoms with Gasteiger partial charge in [0.1, 0.15) is 0 Å². The lowest BCUT2D eigenvalue weighted by Crippen LogP contribution is -2.43. The van der Waals surface area contributed by atoms with Crippen molar-refractivity contribution in [1.82, 2.24) is 10.2 Å². The van der Waals surface area contributed by atoms with Crippen LogP contribution in [0.15, 0.2) is 30.3 Å². The van der Waals surface area contributed by atoms with Gasteiger partial charge in [-0.2, -0.15) is 0 Å². The summed E-state index contributed by atoms with van der Waals surface area (Å²) in [6.07, 6.45) is -0.380. The van der Waals surface area contributed by atoms with E-state index in [1.165, 1.54) is 0 Å². The smallest absolute Gasteiger partial charge is 0.404 e. The molecule has 1 heterocycles. The molecule has 2 rings (SSSR count). The number of aliphatic hydroxyl groups is 1. The Labute approximate surface area is 112 Å². The summed E-state index contributed by atoms with van der Waals surface area (Å²) in [7, 11) is 0. The summed E-state index contributed by atoms with van der Waals surface area (Å²) in [5.74, 6) is 0. The molecule has 0 aromatic heterocycles. The second kappa shape index (κ2) is 5.59. The number of amides is 1. The molecule has 19 heavy (non-hydrogen) atoms. The zero-order valence-electron chi connectivity index (χ0n) is 11.0. The van der Waals surface area contributed by atoms with Crippen LogP contribution >= 0.6 is 0 Å². The van der Waals surface area contributed by atoms with Crippen molar-refractivity contribution >= 4 is 6.09 Å². The molecule has 1 fully saturated rings. The van der Waals surface area contributed by atoms with Gasteiger partial charge in [-0.15, -0.1) is 0 Å². The Morgan fingerprint density at radius 2 is 2.16 bits per heavy atom. The number of nitrogens with one attached hydrogen (secondary N) is 1. The van der Waals surface area contributed by atoms with Crippen LogP contribution in [-0.4, -0.2) is 45.9 Å². The van der Waals surface area contributed by atoms with Crippen LogP contribution in [0.3, 0.4) is 0 Å². The Morgan fingerprint density at radius 3 is 2.74 bits per heavy atom. The third-order valence-electron chi connectivity index (χ3n) is 3.77. The first kappa shape index (κ1) is 13.8. The topological polar surface area (TPSA) is 72.8 Å². The molecular weight excluding hydrogens is 244 g/mol. The molecule has 1 aliphatic heterocycles. The Hall–Kier alpha value is -1.59. The largest absolute Gasteiger partial charge is 0.465 e. The first-order chi connectivity index (χ1) is 9.03. The van der Waals surface area contributed by atoms with Crippen molar-refractivity contribution in [2.75, 3.05) is 13.2 Å². The molecule has 1 aliphatic rings. The van der Waals surface area contributed by atoms with Gasteiger partial charge in [-0.25, -0.2) is 4.79 Å². The van der Waals surface area contributed by atoms with Crippen molar-refractivity contribution in [3.05, 3.63) is 35.9 Å². The lowest BCUT2D eigenvalue weighted by molar-refractivity contribution is 0.0734. The summed E-state index contributed by atoms with van der Waals surface area (Å²) in [4.78, 5) is 12.9. The normalized spacial score (nSPS) is 27.4. The van der Waals surface area contributed by atoms with Gasteiger partial charge in [-0.05, 0) is 18.9 Å². The zero-order valence-corrected chi connectivity index (χ0v) is 11.0. The molecular formula is C14H20N2O3. The van der Waals surface area contributed by atoms with Crippen LogP contribution in [0.5, 0.6) is 0 Å². The molecule has 1 aromatic rings. The van der Waals surface area contributed by atoms with Gasteiger partial charge in [-0.1, -0.05) is 30.3 Å². The van der Waals surface area contributed by atoms with E-state index in [1.807, 2.05) is 37.3 Å². The average molecular weight is 264 g/mol. The fourth-order valence-electron chi connectivity index (χ4n) is 2.71. The van der Waals surface area contributed by atoms with Crippen LogP contribution in [0.1, 0.15) is 18.9 Å². The van der Waals surface area contributed by atoms with Crippen molar-refractivity contribution in [1.29, 1.82) is 0 Å². The maximum atomic E-state index is 10.7. The molecule has 1 amide bonds. The summed E-state index contributed by atoms with van der Waals surface area (Å²) in [6.45, 7) is 3.34. The van der Waals surface area contributed by atoms with E-state index in [2.05, 4.69) is 10.2 Å². The lowest BCUT2D eigenvalue weighted by atomic mass is 9.98. The Kier molecular flexibility index (Phi) is 4.07. The molecule has 1 saturated heterocycles. The average Bonchev–Trinajstić information content (AvgIpc) is 2.67. The second-order valence-electron chi connectivity index (χ2n) is 5.37. The van der Waals surface area contributed by atoms with E-state index >= 15 is 0 Å². The number of carboxylic acid groups (broad SMARTS) is 1. The molecule has 0 unspecified atom stereocenters. The summed E-state index contributed by atoms with van der Waals surface area (Å²) in [5.41, 5.74) is 0.793. The number of nitrogens with zero attached hydrogens (tertiary/aromatic N) is 1. The standard InChI is InChI=1S/C14H20N2O3/c1-14(10-17)7-12(15-13(18)19)9-16(14)8-11-5-3-2-4-6-11/h2-6,12,15,17H,7-10H2,1H3,(H,18,19)/t12-,14+/m0/s1. The maximum Gasteiger partial charge on any atom is 0.404 e. The van der Waals surface area contributed by atoms with E-state index in [9.17, 15) is 9.90 Å². The van der Waals surface area contributed by atoms with Crippen LogP contribution in [0.4, 0.5) is 4.79 Å². The highest BCUT2D eigenvalue weighted by Crippen LogP contribution is 2.30. The maximum absolute atomic E-state index is 10.7. The van der Waals surface area contributed by atoms with Crippen LogP contribution in [0.2, 0.25) is 0 Å². The first-order valence-electron chi connectivity index (χ1n) is 6.43. The van der Waals surface area contributed by atoms with E-state index in [1.54, 1.807) is 0 Å². The minimum absolute atomic E-state index is 0.0254. The molecule has 0 aliphatic carbocycles. The fraction of sp³-hybridized carbons (Fsp3) is 0.500. The quantitative estimate of drug-likeness (QED) is 0.766. The second-order valence-corrected chi connectivity index (χ2v) is 5.37. The van der Waals surface area contributed by atoms with E-state index in [-0.39, 0.29) is 18.2 Å². The highest BCUT2D eigenvalue weighted by Gasteiger charge is 2.41. The van der Waals surface area contributed by atoms with Crippen LogP contribution < -0.4 is 5.32 Å². The number of likely N-dealkylation sites (tertiary alicyclic amines) is 1. The Balaban J connectivity index is 2.07. The zero-order chi connectivity index (χ0) is 13.9. The summed E-state index contributed by atoms with van der Waals surface area (Å²) in [6, 6.07) is 9.88. The SMILES string of the molecule is C[C@]1(CO)C[C@H](NC(=O)O)CN1Cc1ccccc1. The van der Waals surface area contributed by atoms with E-state index in [4.69, 9.17) is 5.11 Å². The van der Waals surface area contributed by atoms with Crippen molar-refractivity contribution in [3.63, 3.8) is 0 Å². The van der Waals surface area contributed by atoms with Crippen molar-refractivity contribution < 1.29 is 15.0 Å². The van der Waals surface area contributed by atoms with E-state index in [0.29, 0.717) is 13.0 Å². The van der Waals surface area contributed by atoms with Crippen LogP contribution in [0, 0.1) is 0 Å². The molecule has 0 bridgehead atoms. The monoisotopic (exact) mass is 264 g/mol. The van der Waals surface area contributed by atoms with Crippen molar-refractivity contribution in [2.45, 2.75) is 31.5 Å². The molecule has 5 heteroatoms. The predicted molar refractivity (Wildman–Crippen MR) is 71.9 cm³/mol. The Bertz CT molecular complexity index is 438. The van der Waals surface area contributed by atoms with Crippen LogP contribution in [0.25, 0.3) is 0 Å². The fourth-order valence-corrected chi connectivity index (χ4v) is 2.71. The number of hydrogen-bond acceptors (Lipinski definition) is 3. The minimum Gasteiger partial charge on any atom is -0.465 e. The third-order valence-corrected chi connectivity index (χ3v) is 3.77. The van der Waals surface area contributed by atoms with Gasteiger partial charge in [0.05, 0.1) is 6.61 Å². The summed E-state index contributed by atoms with van der Waals surface area (Å²) >= 11 is 0. The van der Waals surface area contributed by atoms with E-state index in [0.717, 1.165) is 12.1 Å². The molecule has 5 nitrogen and oxygen atoms in total. The van der Waals surface area contributed by atoms with Gasteiger partial charge in [0.25, 0.3) is 0 Å². The molecule has 3 N–H and O–H groups in total. The number of carbonyl (C=O) groups is 1. The number of benzene rings is 1. The van der Waals surface area contributed by atoms with Gasteiger partial charge in [0.2, 0.25) is 0 Å². The van der Waals surface area contributed by atoms with Gasteiger partial charge >= 0.3 is 6.09 Å². The minimum atomic E-state index is -1.01. The molecule has 1 aromatic carbocycles. The number of aliphatic hydroxyl groups excluding tert-OH is 1. The summed E-state index contributed by atoms with van der Waals surface area (Å²) < 4.78 is 0.